The van der Waals surface area contributed by atoms with Gasteiger partial charge < -0.3 is 4.90 Å². The van der Waals surface area contributed by atoms with Gasteiger partial charge in [-0.15, -0.1) is 11.6 Å². The van der Waals surface area contributed by atoms with Crippen molar-refractivity contribution in [2.45, 2.75) is 25.6 Å². The molecule has 0 spiro atoms. The van der Waals surface area contributed by atoms with Crippen LogP contribution in [0.2, 0.25) is 0 Å². The molecule has 2 nitrogen and oxygen atoms in total. The third kappa shape index (κ3) is 4.08. The standard InChI is InChI=1S/C18H20ClNO/c1-2-3-12-20(17-10-5-4-6-11-17)18(21)16-9-7-8-15(13-16)14-19/h4-11,13H,2-3,12,14H2,1H3. The Kier molecular flexibility index (Phi) is 5.82. The highest BCUT2D eigenvalue weighted by Crippen LogP contribution is 2.18. The van der Waals surface area contributed by atoms with E-state index in [1.807, 2.05) is 59.5 Å². The van der Waals surface area contributed by atoms with Crippen molar-refractivity contribution in [3.05, 3.63) is 65.7 Å². The molecule has 0 saturated heterocycles. The van der Waals surface area contributed by atoms with Crippen LogP contribution < -0.4 is 4.90 Å². The topological polar surface area (TPSA) is 20.3 Å². The Bertz CT molecular complexity index is 583. The number of anilines is 1. The number of para-hydroxylation sites is 1. The maximum Gasteiger partial charge on any atom is 0.258 e. The molecular formula is C18H20ClNO. The number of alkyl halides is 1. The van der Waals surface area contributed by atoms with Crippen LogP contribution in [0.1, 0.15) is 35.7 Å². The van der Waals surface area contributed by atoms with Crippen molar-refractivity contribution in [1.82, 2.24) is 0 Å². The number of hydrogen-bond donors (Lipinski definition) is 0. The summed E-state index contributed by atoms with van der Waals surface area (Å²) in [5.74, 6) is 0.447. The van der Waals surface area contributed by atoms with Crippen LogP contribution in [0.4, 0.5) is 5.69 Å². The highest BCUT2D eigenvalue weighted by atomic mass is 35.5. The zero-order valence-corrected chi connectivity index (χ0v) is 13.0. The first kappa shape index (κ1) is 15.6. The van der Waals surface area contributed by atoms with Gasteiger partial charge in [0.2, 0.25) is 0 Å². The Labute approximate surface area is 131 Å². The van der Waals surface area contributed by atoms with E-state index in [0.717, 1.165) is 30.6 Å². The number of amides is 1. The summed E-state index contributed by atoms with van der Waals surface area (Å²) in [5.41, 5.74) is 2.59. The van der Waals surface area contributed by atoms with Crippen molar-refractivity contribution in [1.29, 1.82) is 0 Å². The van der Waals surface area contributed by atoms with E-state index < -0.39 is 0 Å². The zero-order chi connectivity index (χ0) is 15.1. The van der Waals surface area contributed by atoms with Gasteiger partial charge in [0.05, 0.1) is 0 Å². The Morgan fingerprint density at radius 2 is 1.86 bits per heavy atom. The van der Waals surface area contributed by atoms with Gasteiger partial charge in [-0.2, -0.15) is 0 Å². The lowest BCUT2D eigenvalue weighted by Crippen LogP contribution is -2.31. The number of nitrogens with zero attached hydrogens (tertiary/aromatic N) is 1. The van der Waals surface area contributed by atoms with Crippen LogP contribution >= 0.6 is 11.6 Å². The smallest absolute Gasteiger partial charge is 0.258 e. The van der Waals surface area contributed by atoms with Gasteiger partial charge in [-0.3, -0.25) is 4.79 Å². The average molecular weight is 302 g/mol. The van der Waals surface area contributed by atoms with E-state index in [-0.39, 0.29) is 5.91 Å². The van der Waals surface area contributed by atoms with Gasteiger partial charge in [-0.05, 0) is 36.2 Å². The van der Waals surface area contributed by atoms with Crippen LogP contribution in [-0.4, -0.2) is 12.5 Å². The second-order valence-corrected chi connectivity index (χ2v) is 5.25. The van der Waals surface area contributed by atoms with Gasteiger partial charge in [0.15, 0.2) is 0 Å². The maximum atomic E-state index is 12.8. The predicted octanol–water partition coefficient (Wildman–Crippen LogP) is 4.87. The maximum absolute atomic E-state index is 12.8. The Balaban J connectivity index is 2.29. The SMILES string of the molecule is CCCCN(C(=O)c1cccc(CCl)c1)c1ccccc1. The third-order valence-corrected chi connectivity index (χ3v) is 3.69. The van der Waals surface area contributed by atoms with Gasteiger partial charge in [0.1, 0.15) is 0 Å². The van der Waals surface area contributed by atoms with Gasteiger partial charge in [0, 0.05) is 23.7 Å². The molecule has 2 aromatic carbocycles. The first-order valence-electron chi connectivity index (χ1n) is 7.28. The van der Waals surface area contributed by atoms with E-state index in [0.29, 0.717) is 11.4 Å². The van der Waals surface area contributed by atoms with Crippen molar-refractivity contribution < 1.29 is 4.79 Å². The molecule has 0 aromatic heterocycles. The molecule has 0 atom stereocenters. The van der Waals surface area contributed by atoms with Crippen LogP contribution in [0, 0.1) is 0 Å². The van der Waals surface area contributed by atoms with Crippen LogP contribution in [0.3, 0.4) is 0 Å². The molecule has 0 aliphatic heterocycles. The average Bonchev–Trinajstić information content (AvgIpc) is 2.56. The van der Waals surface area contributed by atoms with Crippen LogP contribution in [-0.2, 0) is 5.88 Å². The van der Waals surface area contributed by atoms with E-state index in [9.17, 15) is 4.79 Å². The number of rotatable bonds is 6. The van der Waals surface area contributed by atoms with Gasteiger partial charge >= 0.3 is 0 Å². The fourth-order valence-electron chi connectivity index (χ4n) is 2.22. The molecule has 0 fully saturated rings. The first-order chi connectivity index (χ1) is 10.3. The summed E-state index contributed by atoms with van der Waals surface area (Å²) in [7, 11) is 0. The molecule has 0 saturated carbocycles. The van der Waals surface area contributed by atoms with Crippen molar-refractivity contribution in [3.63, 3.8) is 0 Å². The number of carbonyl (C=O) groups is 1. The number of unbranched alkanes of at least 4 members (excludes halogenated alkanes) is 1. The Hall–Kier alpha value is -1.80. The van der Waals surface area contributed by atoms with E-state index in [1.165, 1.54) is 0 Å². The second-order valence-electron chi connectivity index (χ2n) is 4.98. The molecule has 2 rings (SSSR count). The minimum atomic E-state index is 0.0293. The van der Waals surface area contributed by atoms with E-state index >= 15 is 0 Å². The normalized spacial score (nSPS) is 10.4. The highest BCUT2D eigenvalue weighted by molar-refractivity contribution is 6.17. The van der Waals surface area contributed by atoms with Crippen molar-refractivity contribution in [2.75, 3.05) is 11.4 Å². The molecular weight excluding hydrogens is 282 g/mol. The second kappa shape index (κ2) is 7.84. The summed E-state index contributed by atoms with van der Waals surface area (Å²) in [5, 5.41) is 0. The fourth-order valence-corrected chi connectivity index (χ4v) is 2.38. The minimum absolute atomic E-state index is 0.0293. The summed E-state index contributed by atoms with van der Waals surface area (Å²) in [6.07, 6.45) is 2.04. The lowest BCUT2D eigenvalue weighted by Gasteiger charge is -2.23. The molecule has 0 N–H and O–H groups in total. The summed E-state index contributed by atoms with van der Waals surface area (Å²) >= 11 is 5.86. The lowest BCUT2D eigenvalue weighted by molar-refractivity contribution is 0.0986. The van der Waals surface area contributed by atoms with Gasteiger partial charge in [-0.1, -0.05) is 43.7 Å². The minimum Gasteiger partial charge on any atom is -0.308 e. The summed E-state index contributed by atoms with van der Waals surface area (Å²) < 4.78 is 0. The van der Waals surface area contributed by atoms with Crippen molar-refractivity contribution >= 4 is 23.2 Å². The molecule has 0 aliphatic carbocycles. The number of benzene rings is 2. The Morgan fingerprint density at radius 3 is 2.52 bits per heavy atom. The molecule has 2 aromatic rings. The first-order valence-corrected chi connectivity index (χ1v) is 7.81. The van der Waals surface area contributed by atoms with Crippen LogP contribution in [0.25, 0.3) is 0 Å². The van der Waals surface area contributed by atoms with E-state index in [1.54, 1.807) is 0 Å². The Morgan fingerprint density at radius 1 is 1.10 bits per heavy atom. The van der Waals surface area contributed by atoms with Gasteiger partial charge in [-0.25, -0.2) is 0 Å². The molecule has 0 aliphatic rings. The summed E-state index contributed by atoms with van der Waals surface area (Å²) in [6.45, 7) is 2.85. The molecule has 0 unspecified atom stereocenters. The number of hydrogen-bond acceptors (Lipinski definition) is 1. The summed E-state index contributed by atoms with van der Waals surface area (Å²) in [6, 6.07) is 17.3. The number of halogens is 1. The molecule has 110 valence electrons. The fraction of sp³-hybridized carbons (Fsp3) is 0.278. The quantitative estimate of drug-likeness (QED) is 0.697. The molecule has 21 heavy (non-hydrogen) atoms. The molecule has 0 heterocycles. The van der Waals surface area contributed by atoms with Gasteiger partial charge in [0.25, 0.3) is 5.91 Å². The predicted molar refractivity (Wildman–Crippen MR) is 89.0 cm³/mol. The van der Waals surface area contributed by atoms with Crippen LogP contribution in [0.5, 0.6) is 0 Å². The highest BCUT2D eigenvalue weighted by Gasteiger charge is 2.17. The molecule has 1 amide bonds. The number of carbonyl (C=O) groups excluding carboxylic acids is 1. The van der Waals surface area contributed by atoms with E-state index in [4.69, 9.17) is 11.6 Å². The van der Waals surface area contributed by atoms with E-state index in [2.05, 4.69) is 6.92 Å². The zero-order valence-electron chi connectivity index (χ0n) is 12.3. The molecule has 3 heteroatoms. The summed E-state index contributed by atoms with van der Waals surface area (Å²) in [4.78, 5) is 14.6. The monoisotopic (exact) mass is 301 g/mol. The van der Waals surface area contributed by atoms with Crippen LogP contribution in [0.15, 0.2) is 54.6 Å². The third-order valence-electron chi connectivity index (χ3n) is 3.38. The van der Waals surface area contributed by atoms with Crippen molar-refractivity contribution in [3.8, 4) is 0 Å². The largest absolute Gasteiger partial charge is 0.308 e. The molecule has 0 bridgehead atoms. The lowest BCUT2D eigenvalue weighted by atomic mass is 10.1. The van der Waals surface area contributed by atoms with Crippen molar-refractivity contribution in [2.24, 2.45) is 0 Å². The molecule has 0 radical (unpaired) electrons.